The van der Waals surface area contributed by atoms with E-state index >= 15 is 0 Å². The van der Waals surface area contributed by atoms with Crippen LogP contribution in [0, 0.1) is 0 Å². The van der Waals surface area contributed by atoms with Crippen LogP contribution in [-0.4, -0.2) is 33.3 Å². The molecule has 0 fully saturated rings. The van der Waals surface area contributed by atoms with Gasteiger partial charge in [0.25, 0.3) is 0 Å². The molecule has 0 saturated heterocycles. The van der Waals surface area contributed by atoms with E-state index in [0.29, 0.717) is 28.7 Å². The van der Waals surface area contributed by atoms with E-state index in [1.54, 1.807) is 26.0 Å². The average Bonchev–Trinajstić information content (AvgIpc) is 2.80. The van der Waals surface area contributed by atoms with Gasteiger partial charge in [0, 0.05) is 11.0 Å². The van der Waals surface area contributed by atoms with Crippen LogP contribution < -0.4 is 4.31 Å². The zero-order valence-electron chi connectivity index (χ0n) is 11.5. The zero-order valence-corrected chi connectivity index (χ0v) is 13.9. The number of nitrogens with zero attached hydrogens (tertiary/aromatic N) is 1. The van der Waals surface area contributed by atoms with Gasteiger partial charge < -0.3 is 4.74 Å². The molecule has 20 heavy (non-hydrogen) atoms. The second-order valence-electron chi connectivity index (χ2n) is 4.86. The van der Waals surface area contributed by atoms with Gasteiger partial charge in [-0.15, -0.1) is 0 Å². The molecule has 7 heteroatoms. The number of sulfonamides is 1. The van der Waals surface area contributed by atoms with E-state index in [-0.39, 0.29) is 0 Å². The highest BCUT2D eigenvalue weighted by atomic mass is 79.9. The molecule has 0 unspecified atom stereocenters. The Hall–Kier alpha value is -1.08. The lowest BCUT2D eigenvalue weighted by atomic mass is 10.1. The standard InChI is InChI=1S/C13H16BrNO4S/c1-8(2)20(17,18)15-5-4-10-11(13(16)19-3)6-9(14)7-12(10)15/h6-8H,4-5H2,1-3H3. The zero-order chi connectivity index (χ0) is 15.1. The van der Waals surface area contributed by atoms with Crippen LogP contribution in [0.1, 0.15) is 29.8 Å². The molecule has 0 N–H and O–H groups in total. The van der Waals surface area contributed by atoms with Crippen molar-refractivity contribution in [2.24, 2.45) is 0 Å². The van der Waals surface area contributed by atoms with Crippen LogP contribution in [0.2, 0.25) is 0 Å². The molecule has 0 radical (unpaired) electrons. The summed E-state index contributed by atoms with van der Waals surface area (Å²) in [4.78, 5) is 11.8. The van der Waals surface area contributed by atoms with Crippen molar-refractivity contribution in [1.82, 2.24) is 0 Å². The van der Waals surface area contributed by atoms with Crippen LogP contribution in [0.15, 0.2) is 16.6 Å². The number of hydrogen-bond donors (Lipinski definition) is 0. The van der Waals surface area contributed by atoms with Gasteiger partial charge in [0.1, 0.15) is 0 Å². The third kappa shape index (κ3) is 2.44. The maximum atomic E-state index is 12.4. The van der Waals surface area contributed by atoms with Crippen molar-refractivity contribution < 1.29 is 17.9 Å². The Labute approximate surface area is 127 Å². The quantitative estimate of drug-likeness (QED) is 0.775. The minimum atomic E-state index is -3.40. The Morgan fingerprint density at radius 3 is 2.60 bits per heavy atom. The van der Waals surface area contributed by atoms with Gasteiger partial charge in [0.2, 0.25) is 10.0 Å². The Bertz CT molecular complexity index is 655. The van der Waals surface area contributed by atoms with Crippen molar-refractivity contribution in [3.63, 3.8) is 0 Å². The Morgan fingerprint density at radius 2 is 2.05 bits per heavy atom. The summed E-state index contributed by atoms with van der Waals surface area (Å²) in [5, 5.41) is -0.506. The number of fused-ring (bicyclic) bond motifs is 1. The number of halogens is 1. The first kappa shape index (κ1) is 15.3. The van der Waals surface area contributed by atoms with Crippen molar-refractivity contribution in [3.8, 4) is 0 Å². The lowest BCUT2D eigenvalue weighted by Crippen LogP contribution is -2.35. The van der Waals surface area contributed by atoms with Crippen molar-refractivity contribution in [2.45, 2.75) is 25.5 Å². The predicted molar refractivity (Wildman–Crippen MR) is 80.6 cm³/mol. The monoisotopic (exact) mass is 361 g/mol. The Morgan fingerprint density at radius 1 is 1.40 bits per heavy atom. The summed E-state index contributed by atoms with van der Waals surface area (Å²) in [6, 6.07) is 3.39. The Balaban J connectivity index is 2.59. The van der Waals surface area contributed by atoms with Gasteiger partial charge in [-0.3, -0.25) is 4.31 Å². The first-order valence-corrected chi connectivity index (χ1v) is 8.51. The molecular weight excluding hydrogens is 346 g/mol. The van der Waals surface area contributed by atoms with Gasteiger partial charge >= 0.3 is 5.97 Å². The molecule has 0 aromatic heterocycles. The highest BCUT2D eigenvalue weighted by molar-refractivity contribution is 9.10. The topological polar surface area (TPSA) is 63.7 Å². The molecule has 0 atom stereocenters. The van der Waals surface area contributed by atoms with Gasteiger partial charge in [0.05, 0.1) is 23.6 Å². The fourth-order valence-corrected chi connectivity index (χ4v) is 3.99. The number of anilines is 1. The van der Waals surface area contributed by atoms with Gasteiger partial charge in [-0.1, -0.05) is 15.9 Å². The fraction of sp³-hybridized carbons (Fsp3) is 0.462. The lowest BCUT2D eigenvalue weighted by molar-refractivity contribution is 0.0599. The Kier molecular flexibility index (Phi) is 4.11. The number of esters is 1. The first-order chi connectivity index (χ1) is 9.28. The predicted octanol–water partition coefficient (Wildman–Crippen LogP) is 2.34. The molecular formula is C13H16BrNO4S. The molecule has 1 aromatic carbocycles. The first-order valence-electron chi connectivity index (χ1n) is 6.21. The van der Waals surface area contributed by atoms with Crippen LogP contribution in [-0.2, 0) is 21.2 Å². The van der Waals surface area contributed by atoms with Crippen LogP contribution in [0.25, 0.3) is 0 Å². The van der Waals surface area contributed by atoms with Gasteiger partial charge in [-0.05, 0) is 38.0 Å². The molecule has 1 heterocycles. The number of hydrogen-bond acceptors (Lipinski definition) is 4. The molecule has 5 nitrogen and oxygen atoms in total. The highest BCUT2D eigenvalue weighted by Crippen LogP contribution is 2.36. The van der Waals surface area contributed by atoms with Gasteiger partial charge in [0.15, 0.2) is 0 Å². The van der Waals surface area contributed by atoms with E-state index in [0.717, 1.165) is 5.56 Å². The molecule has 110 valence electrons. The SMILES string of the molecule is COC(=O)c1cc(Br)cc2c1CCN2S(=O)(=O)C(C)C. The molecule has 0 spiro atoms. The molecule has 0 bridgehead atoms. The molecule has 2 rings (SSSR count). The summed E-state index contributed by atoms with van der Waals surface area (Å²) < 4.78 is 31.5. The minimum absolute atomic E-state index is 0.357. The third-order valence-corrected chi connectivity index (χ3v) is 5.98. The summed E-state index contributed by atoms with van der Waals surface area (Å²) in [6.45, 7) is 3.65. The molecule has 0 aliphatic carbocycles. The minimum Gasteiger partial charge on any atom is -0.465 e. The van der Waals surface area contributed by atoms with Crippen LogP contribution in [0.5, 0.6) is 0 Å². The number of benzene rings is 1. The summed E-state index contributed by atoms with van der Waals surface area (Å²) in [7, 11) is -2.08. The van der Waals surface area contributed by atoms with Crippen LogP contribution >= 0.6 is 15.9 Å². The van der Waals surface area contributed by atoms with E-state index in [1.807, 2.05) is 0 Å². The maximum Gasteiger partial charge on any atom is 0.338 e. The molecule has 0 saturated carbocycles. The number of ether oxygens (including phenoxy) is 1. The summed E-state index contributed by atoms with van der Waals surface area (Å²) in [6.07, 6.45) is 0.513. The molecule has 1 aromatic rings. The summed E-state index contributed by atoms with van der Waals surface area (Å²) >= 11 is 3.32. The number of carbonyl (C=O) groups excluding carboxylic acids is 1. The van der Waals surface area contributed by atoms with Crippen molar-refractivity contribution in [3.05, 3.63) is 27.7 Å². The lowest BCUT2D eigenvalue weighted by Gasteiger charge is -2.22. The number of carbonyl (C=O) groups is 1. The van der Waals surface area contributed by atoms with Crippen LogP contribution in [0.3, 0.4) is 0 Å². The summed E-state index contributed by atoms with van der Waals surface area (Å²) in [5.74, 6) is -0.452. The smallest absolute Gasteiger partial charge is 0.338 e. The summed E-state index contributed by atoms with van der Waals surface area (Å²) in [5.41, 5.74) is 1.70. The average molecular weight is 362 g/mol. The van der Waals surface area contributed by atoms with Gasteiger partial charge in [-0.2, -0.15) is 0 Å². The fourth-order valence-electron chi connectivity index (χ4n) is 2.25. The number of methoxy groups -OCH3 is 1. The highest BCUT2D eigenvalue weighted by Gasteiger charge is 2.34. The van der Waals surface area contributed by atoms with Crippen molar-refractivity contribution in [1.29, 1.82) is 0 Å². The molecule has 1 aliphatic rings. The third-order valence-electron chi connectivity index (χ3n) is 3.33. The van der Waals surface area contributed by atoms with Gasteiger partial charge in [-0.25, -0.2) is 13.2 Å². The molecule has 0 amide bonds. The van der Waals surface area contributed by atoms with Crippen molar-refractivity contribution >= 4 is 37.6 Å². The van der Waals surface area contributed by atoms with E-state index in [1.165, 1.54) is 11.4 Å². The maximum absolute atomic E-state index is 12.4. The van der Waals surface area contributed by atoms with E-state index < -0.39 is 21.2 Å². The van der Waals surface area contributed by atoms with Crippen molar-refractivity contribution in [2.75, 3.05) is 18.0 Å². The van der Waals surface area contributed by atoms with E-state index in [4.69, 9.17) is 4.74 Å². The largest absolute Gasteiger partial charge is 0.465 e. The molecule has 1 aliphatic heterocycles. The van der Waals surface area contributed by atoms with E-state index in [2.05, 4.69) is 15.9 Å². The number of rotatable bonds is 3. The van der Waals surface area contributed by atoms with Crippen LogP contribution in [0.4, 0.5) is 5.69 Å². The van der Waals surface area contributed by atoms with E-state index in [9.17, 15) is 13.2 Å². The second-order valence-corrected chi connectivity index (χ2v) is 8.19. The second kappa shape index (κ2) is 5.37. The normalized spacial score (nSPS) is 14.6.